The lowest BCUT2D eigenvalue weighted by Gasteiger charge is -2.28. The highest BCUT2D eigenvalue weighted by Crippen LogP contribution is 2.27. The molecule has 0 aliphatic carbocycles. The normalized spacial score (nSPS) is 15.0. The van der Waals surface area contributed by atoms with Gasteiger partial charge < -0.3 is 20.1 Å². The van der Waals surface area contributed by atoms with Crippen LogP contribution in [-0.2, 0) is 19.1 Å². The van der Waals surface area contributed by atoms with Gasteiger partial charge in [-0.15, -0.1) is 0 Å². The third kappa shape index (κ3) is 6.12. The zero-order valence-electron chi connectivity index (χ0n) is 12.5. The van der Waals surface area contributed by atoms with Gasteiger partial charge in [-0.3, -0.25) is 9.59 Å². The number of hydrogen-bond acceptors (Lipinski definition) is 5. The van der Waals surface area contributed by atoms with Crippen LogP contribution in [0.15, 0.2) is 0 Å². The molecule has 0 rings (SSSR count). The van der Waals surface area contributed by atoms with Crippen LogP contribution < -0.4 is 0 Å². The summed E-state index contributed by atoms with van der Waals surface area (Å²) in [5.74, 6) is -5.51. The lowest BCUT2D eigenvalue weighted by molar-refractivity contribution is -0.181. The lowest BCUT2D eigenvalue weighted by Crippen LogP contribution is -2.51. The zero-order valence-corrected chi connectivity index (χ0v) is 12.5. The highest BCUT2D eigenvalue weighted by Gasteiger charge is 2.49. The number of esters is 1. The molecule has 0 aliphatic heterocycles. The number of hydrogen-bond donors (Lipinski definition) is 3. The van der Waals surface area contributed by atoms with E-state index in [4.69, 9.17) is 14.9 Å². The Labute approximate surface area is 123 Å². The Morgan fingerprint density at radius 2 is 1.71 bits per heavy atom. The molecule has 0 radical (unpaired) electrons. The highest BCUT2D eigenvalue weighted by molar-refractivity contribution is 5.90. The van der Waals surface area contributed by atoms with Crippen molar-refractivity contribution in [2.24, 2.45) is 5.92 Å². The number of ether oxygens (including phenoxy) is 1. The predicted octanol–water partition coefficient (Wildman–Crippen LogP) is 1.43. The van der Waals surface area contributed by atoms with Crippen LogP contribution >= 0.6 is 0 Å². The van der Waals surface area contributed by atoms with Gasteiger partial charge >= 0.3 is 17.9 Å². The minimum atomic E-state index is -2.65. The number of unbranched alkanes of at least 4 members (excludes halogenated alkanes) is 3. The molecular formula is C14H24O7. The Morgan fingerprint density at radius 3 is 2.14 bits per heavy atom. The molecule has 0 amide bonds. The molecule has 0 spiro atoms. The van der Waals surface area contributed by atoms with E-state index in [1.54, 1.807) is 0 Å². The first kappa shape index (κ1) is 19.4. The van der Waals surface area contributed by atoms with Crippen molar-refractivity contribution in [2.45, 2.75) is 58.0 Å². The smallest absolute Gasteiger partial charge is 0.337 e. The number of carbonyl (C=O) groups is 3. The van der Waals surface area contributed by atoms with Gasteiger partial charge in [-0.1, -0.05) is 33.1 Å². The maximum absolute atomic E-state index is 11.9. The average molecular weight is 304 g/mol. The number of carboxylic acid groups (broad SMARTS) is 2. The van der Waals surface area contributed by atoms with Gasteiger partial charge in [-0.2, -0.15) is 0 Å². The van der Waals surface area contributed by atoms with E-state index in [2.05, 4.69) is 0 Å². The zero-order chi connectivity index (χ0) is 16.5. The van der Waals surface area contributed by atoms with E-state index < -0.39 is 35.8 Å². The fourth-order valence-corrected chi connectivity index (χ4v) is 2.08. The second-order valence-electron chi connectivity index (χ2n) is 4.99. The summed E-state index contributed by atoms with van der Waals surface area (Å²) < 4.78 is 4.96. The van der Waals surface area contributed by atoms with Gasteiger partial charge in [0.2, 0.25) is 0 Å². The van der Waals surface area contributed by atoms with Crippen molar-refractivity contribution in [1.29, 1.82) is 0 Å². The van der Waals surface area contributed by atoms with E-state index in [0.717, 1.165) is 19.3 Å². The lowest BCUT2D eigenvalue weighted by atomic mass is 9.82. The van der Waals surface area contributed by atoms with E-state index in [1.165, 1.54) is 6.92 Å². The molecule has 122 valence electrons. The van der Waals surface area contributed by atoms with Crippen molar-refractivity contribution in [2.75, 3.05) is 6.61 Å². The summed E-state index contributed by atoms with van der Waals surface area (Å²) in [7, 11) is 0. The fraction of sp³-hybridized carbons (Fsp3) is 0.786. The summed E-state index contributed by atoms with van der Waals surface area (Å²) >= 11 is 0. The van der Waals surface area contributed by atoms with Crippen LogP contribution in [0.2, 0.25) is 0 Å². The van der Waals surface area contributed by atoms with E-state index >= 15 is 0 Å². The van der Waals surface area contributed by atoms with E-state index in [0.29, 0.717) is 6.42 Å². The Kier molecular flexibility index (Phi) is 8.61. The monoisotopic (exact) mass is 304 g/mol. The summed E-state index contributed by atoms with van der Waals surface area (Å²) in [6.07, 6.45) is 2.50. The summed E-state index contributed by atoms with van der Waals surface area (Å²) in [6.45, 7) is 3.68. The molecule has 0 fully saturated rings. The molecular weight excluding hydrogens is 280 g/mol. The molecule has 7 nitrogen and oxygen atoms in total. The van der Waals surface area contributed by atoms with Crippen LogP contribution in [0.3, 0.4) is 0 Å². The molecule has 2 unspecified atom stereocenters. The average Bonchev–Trinajstić information content (AvgIpc) is 2.38. The first-order valence-corrected chi connectivity index (χ1v) is 7.13. The topological polar surface area (TPSA) is 121 Å². The van der Waals surface area contributed by atoms with Crippen LogP contribution in [0.25, 0.3) is 0 Å². The minimum absolute atomic E-state index is 0.0239. The molecule has 21 heavy (non-hydrogen) atoms. The maximum atomic E-state index is 11.9. The van der Waals surface area contributed by atoms with Gasteiger partial charge in [-0.25, -0.2) is 4.79 Å². The van der Waals surface area contributed by atoms with Crippen molar-refractivity contribution in [3.05, 3.63) is 0 Å². The molecule has 0 bridgehead atoms. The van der Waals surface area contributed by atoms with Gasteiger partial charge in [0.05, 0.1) is 18.9 Å². The molecule has 2 atom stereocenters. The van der Waals surface area contributed by atoms with Crippen LogP contribution in [-0.4, -0.2) is 45.4 Å². The Morgan fingerprint density at radius 1 is 1.10 bits per heavy atom. The standard InChI is InChI=1S/C14H24O7/c1-3-5-6-7-8-21-12(17)10(4-2)14(20,13(18)19)9-11(15)16/h10,20H,3-9H2,1-2H3,(H,15,16)(H,18,19). The van der Waals surface area contributed by atoms with Crippen molar-refractivity contribution < 1.29 is 34.4 Å². The van der Waals surface area contributed by atoms with Crippen LogP contribution in [0.5, 0.6) is 0 Å². The summed E-state index contributed by atoms with van der Waals surface area (Å²) in [4.78, 5) is 33.8. The van der Waals surface area contributed by atoms with E-state index in [-0.39, 0.29) is 13.0 Å². The van der Waals surface area contributed by atoms with E-state index in [1.807, 2.05) is 6.92 Å². The fourth-order valence-electron chi connectivity index (χ4n) is 2.08. The molecule has 0 saturated carbocycles. The predicted molar refractivity (Wildman–Crippen MR) is 73.7 cm³/mol. The van der Waals surface area contributed by atoms with E-state index in [9.17, 15) is 19.5 Å². The molecule has 0 saturated heterocycles. The van der Waals surface area contributed by atoms with Gasteiger partial charge in [0.25, 0.3) is 0 Å². The number of rotatable bonds is 11. The van der Waals surface area contributed by atoms with Crippen LogP contribution in [0.1, 0.15) is 52.4 Å². The molecule has 3 N–H and O–H groups in total. The number of aliphatic carboxylic acids is 2. The van der Waals surface area contributed by atoms with Crippen molar-refractivity contribution in [1.82, 2.24) is 0 Å². The summed E-state index contributed by atoms with van der Waals surface area (Å²) in [5, 5.41) is 27.8. The molecule has 7 heteroatoms. The molecule has 0 aromatic rings. The Bertz CT molecular complexity index is 366. The second kappa shape index (κ2) is 9.33. The highest BCUT2D eigenvalue weighted by atomic mass is 16.5. The van der Waals surface area contributed by atoms with Crippen molar-refractivity contribution in [3.8, 4) is 0 Å². The van der Waals surface area contributed by atoms with Crippen LogP contribution in [0, 0.1) is 5.92 Å². The number of carbonyl (C=O) groups excluding carboxylic acids is 1. The third-order valence-corrected chi connectivity index (χ3v) is 3.30. The second-order valence-corrected chi connectivity index (χ2v) is 4.99. The van der Waals surface area contributed by atoms with Gasteiger partial charge in [-0.05, 0) is 12.8 Å². The van der Waals surface area contributed by atoms with Gasteiger partial charge in [0.15, 0.2) is 5.60 Å². The SMILES string of the molecule is CCCCCCOC(=O)C(CC)C(O)(CC(=O)O)C(=O)O. The Hall–Kier alpha value is -1.63. The minimum Gasteiger partial charge on any atom is -0.481 e. The first-order chi connectivity index (χ1) is 9.79. The van der Waals surface area contributed by atoms with Crippen molar-refractivity contribution in [3.63, 3.8) is 0 Å². The van der Waals surface area contributed by atoms with Gasteiger partial charge in [0.1, 0.15) is 0 Å². The summed E-state index contributed by atoms with van der Waals surface area (Å²) in [5.41, 5.74) is -2.65. The quantitative estimate of drug-likeness (QED) is 0.390. The number of aliphatic hydroxyl groups is 1. The maximum Gasteiger partial charge on any atom is 0.337 e. The number of carboxylic acids is 2. The molecule has 0 aliphatic rings. The summed E-state index contributed by atoms with van der Waals surface area (Å²) in [6, 6.07) is 0. The first-order valence-electron chi connectivity index (χ1n) is 7.13. The third-order valence-electron chi connectivity index (χ3n) is 3.30. The van der Waals surface area contributed by atoms with Gasteiger partial charge in [0, 0.05) is 0 Å². The molecule has 0 aromatic heterocycles. The largest absolute Gasteiger partial charge is 0.481 e. The van der Waals surface area contributed by atoms with Crippen molar-refractivity contribution >= 4 is 17.9 Å². The molecule has 0 aromatic carbocycles. The van der Waals surface area contributed by atoms with Crippen LogP contribution in [0.4, 0.5) is 0 Å². The Balaban J connectivity index is 4.73. The molecule has 0 heterocycles.